The minimum absolute atomic E-state index is 0.0588. The summed E-state index contributed by atoms with van der Waals surface area (Å²) in [5.74, 6) is -1.23. The Bertz CT molecular complexity index is 1420. The Kier molecular flexibility index (Phi) is 15.8. The number of carbonyl (C=O) groups excluding carboxylic acids is 3. The lowest BCUT2D eigenvalue weighted by molar-refractivity contribution is 0.0613. The maximum absolute atomic E-state index is 13.9. The van der Waals surface area contributed by atoms with E-state index < -0.39 is 33.3 Å². The molecule has 0 spiro atoms. The van der Waals surface area contributed by atoms with Crippen molar-refractivity contribution < 1.29 is 33.0 Å². The van der Waals surface area contributed by atoms with E-state index in [1.54, 1.807) is 45.0 Å². The van der Waals surface area contributed by atoms with Gasteiger partial charge in [0.2, 0.25) is 10.0 Å². The first-order valence-corrected chi connectivity index (χ1v) is 17.9. The minimum Gasteiger partial charge on any atom is -0.508 e. The van der Waals surface area contributed by atoms with Crippen LogP contribution in [0.2, 0.25) is 0 Å². The van der Waals surface area contributed by atoms with Gasteiger partial charge < -0.3 is 25.3 Å². The largest absolute Gasteiger partial charge is 0.508 e. The van der Waals surface area contributed by atoms with Crippen LogP contribution < -0.4 is 10.1 Å². The number of phenols is 1. The summed E-state index contributed by atoms with van der Waals surface area (Å²) in [6, 6.07) is 9.79. The van der Waals surface area contributed by atoms with Crippen molar-refractivity contribution in [2.24, 2.45) is 0 Å². The van der Waals surface area contributed by atoms with Crippen molar-refractivity contribution in [1.82, 2.24) is 25.0 Å². The fourth-order valence-corrected chi connectivity index (χ4v) is 5.62. The molecule has 0 fully saturated rings. The van der Waals surface area contributed by atoms with Gasteiger partial charge in [-0.25, -0.2) is 13.4 Å². The van der Waals surface area contributed by atoms with Crippen LogP contribution in [0.4, 0.5) is 0 Å². The van der Waals surface area contributed by atoms with Crippen LogP contribution >= 0.6 is 0 Å². The van der Waals surface area contributed by atoms with E-state index in [1.165, 1.54) is 40.2 Å². The predicted molar refractivity (Wildman–Crippen MR) is 184 cm³/mol. The highest BCUT2D eigenvalue weighted by Gasteiger charge is 2.28. The van der Waals surface area contributed by atoms with Gasteiger partial charge in [-0.05, 0) is 75.4 Å². The Labute approximate surface area is 280 Å². The van der Waals surface area contributed by atoms with E-state index in [0.717, 1.165) is 19.3 Å². The third kappa shape index (κ3) is 12.2. The topological polar surface area (TPSA) is 160 Å². The second-order valence-electron chi connectivity index (χ2n) is 12.3. The average Bonchev–Trinajstić information content (AvgIpc) is 3.02. The Hall–Kier alpha value is -3.52. The van der Waals surface area contributed by atoms with Crippen LogP contribution in [0.25, 0.3) is 0 Å². The monoisotopic (exact) mass is 675 g/mol. The number of aromatic hydroxyl groups is 1. The molecule has 0 aromatic heterocycles. The van der Waals surface area contributed by atoms with Gasteiger partial charge in [-0.2, -0.15) is 0 Å². The normalized spacial score (nSPS) is 13.0. The molecule has 0 radical (unpaired) electrons. The number of carbonyl (C=O) groups is 3. The summed E-state index contributed by atoms with van der Waals surface area (Å²) in [6.45, 7) is 10.3. The van der Waals surface area contributed by atoms with E-state index in [-0.39, 0.29) is 47.2 Å². The third-order valence-corrected chi connectivity index (χ3v) is 9.36. The molecular formula is C34H53N5O7S. The molecule has 2 aromatic carbocycles. The highest BCUT2D eigenvalue weighted by atomic mass is 32.2. The van der Waals surface area contributed by atoms with Crippen LogP contribution in [-0.2, 0) is 16.4 Å². The SMILES string of the molecule is CCCCN(CC(O)C(Cc1ccc(O)cc1)NC(=O)c1cc(C(=O)N(C)C)cc(C(=O)N(CCC)CCC)c1)NS(=O)(=O)C(C)C. The number of hydrogen-bond acceptors (Lipinski definition) is 8. The summed E-state index contributed by atoms with van der Waals surface area (Å²) >= 11 is 0. The third-order valence-electron chi connectivity index (χ3n) is 7.61. The predicted octanol–water partition coefficient (Wildman–Crippen LogP) is 3.40. The van der Waals surface area contributed by atoms with E-state index in [9.17, 15) is 33.0 Å². The number of sulfonamides is 1. The molecule has 0 heterocycles. The van der Waals surface area contributed by atoms with Gasteiger partial charge >= 0.3 is 0 Å². The molecule has 0 saturated carbocycles. The van der Waals surface area contributed by atoms with E-state index in [2.05, 4.69) is 10.1 Å². The molecule has 0 saturated heterocycles. The molecule has 47 heavy (non-hydrogen) atoms. The molecule has 2 unspecified atom stereocenters. The standard InChI is InChI=1S/C34H53N5O7S/c1-8-11-18-39(36-47(45,46)24(4)5)23-31(41)30(19-25-12-14-29(40)15-13-25)35-32(42)26-20-27(33(43)37(6)7)22-28(21-26)34(44)38(16-9-2)17-10-3/h12-15,20-22,24,30-31,36,40-41H,8-11,16-19,23H2,1-7H3,(H,35,42). The highest BCUT2D eigenvalue weighted by molar-refractivity contribution is 7.90. The summed E-state index contributed by atoms with van der Waals surface area (Å²) in [6.07, 6.45) is 1.86. The molecule has 0 aliphatic carbocycles. The van der Waals surface area contributed by atoms with E-state index in [4.69, 9.17) is 0 Å². The van der Waals surface area contributed by atoms with Crippen molar-refractivity contribution in [2.45, 2.75) is 84.1 Å². The van der Waals surface area contributed by atoms with Crippen LogP contribution in [0.5, 0.6) is 5.75 Å². The van der Waals surface area contributed by atoms with Gasteiger partial charge in [-0.3, -0.25) is 14.4 Å². The lowest BCUT2D eigenvalue weighted by atomic mass is 9.99. The molecule has 2 aromatic rings. The minimum atomic E-state index is -3.70. The van der Waals surface area contributed by atoms with Crippen LogP contribution in [0, 0.1) is 0 Å². The number of nitrogens with one attached hydrogen (secondary N) is 2. The molecule has 12 nitrogen and oxygen atoms in total. The maximum atomic E-state index is 13.9. The van der Waals surface area contributed by atoms with Crippen molar-refractivity contribution in [3.63, 3.8) is 0 Å². The average molecular weight is 676 g/mol. The van der Waals surface area contributed by atoms with Gasteiger partial charge in [0.25, 0.3) is 17.7 Å². The highest BCUT2D eigenvalue weighted by Crippen LogP contribution is 2.18. The molecular weight excluding hydrogens is 622 g/mol. The van der Waals surface area contributed by atoms with Crippen molar-refractivity contribution >= 4 is 27.7 Å². The zero-order chi connectivity index (χ0) is 35.3. The van der Waals surface area contributed by atoms with Gasteiger partial charge in [0.15, 0.2) is 0 Å². The lowest BCUT2D eigenvalue weighted by Crippen LogP contribution is -2.54. The maximum Gasteiger partial charge on any atom is 0.253 e. The lowest BCUT2D eigenvalue weighted by Gasteiger charge is -2.31. The summed E-state index contributed by atoms with van der Waals surface area (Å²) in [4.78, 5) is 46.1. The number of aliphatic hydroxyl groups is 1. The molecule has 0 bridgehead atoms. The molecule has 4 N–H and O–H groups in total. The Balaban J connectivity index is 2.52. The number of rotatable bonds is 19. The van der Waals surface area contributed by atoms with Crippen LogP contribution in [0.15, 0.2) is 42.5 Å². The first-order chi connectivity index (χ1) is 22.1. The number of amides is 3. The number of hydrogen-bond donors (Lipinski definition) is 4. The number of nitrogens with zero attached hydrogens (tertiary/aromatic N) is 3. The fourth-order valence-electron chi connectivity index (χ4n) is 4.88. The number of hydrazine groups is 1. The zero-order valence-electron chi connectivity index (χ0n) is 28.8. The smallest absolute Gasteiger partial charge is 0.253 e. The van der Waals surface area contributed by atoms with E-state index >= 15 is 0 Å². The zero-order valence-corrected chi connectivity index (χ0v) is 29.6. The van der Waals surface area contributed by atoms with Gasteiger partial charge in [-0.15, -0.1) is 4.83 Å². The second-order valence-corrected chi connectivity index (χ2v) is 14.5. The number of benzene rings is 2. The van der Waals surface area contributed by atoms with E-state index in [0.29, 0.717) is 31.6 Å². The Morgan fingerprint density at radius 2 is 1.38 bits per heavy atom. The van der Waals surface area contributed by atoms with Gasteiger partial charge in [-0.1, -0.05) is 39.3 Å². The first-order valence-electron chi connectivity index (χ1n) is 16.3. The van der Waals surface area contributed by atoms with E-state index in [1.807, 2.05) is 20.8 Å². The van der Waals surface area contributed by atoms with Crippen LogP contribution in [-0.4, -0.2) is 109 Å². The summed E-state index contributed by atoms with van der Waals surface area (Å²) < 4.78 is 25.4. The first kappa shape index (κ1) is 39.7. The Morgan fingerprint density at radius 1 is 0.830 bits per heavy atom. The number of phenolic OH excluding ortho intramolecular Hbond substituents is 1. The molecule has 2 rings (SSSR count). The van der Waals surface area contributed by atoms with Crippen molar-refractivity contribution in [3.8, 4) is 5.75 Å². The van der Waals surface area contributed by atoms with Crippen LogP contribution in [0.3, 0.4) is 0 Å². The van der Waals surface area contributed by atoms with Gasteiger partial charge in [0.05, 0.1) is 17.4 Å². The summed E-state index contributed by atoms with van der Waals surface area (Å²) in [7, 11) is -0.535. The second kappa shape index (κ2) is 18.7. The number of unbranched alkanes of at least 4 members (excludes halogenated alkanes) is 1. The summed E-state index contributed by atoms with van der Waals surface area (Å²) in [5, 5.41) is 24.9. The quantitative estimate of drug-likeness (QED) is 0.165. The molecule has 0 aliphatic heterocycles. The van der Waals surface area contributed by atoms with Gasteiger partial charge in [0, 0.05) is 57.0 Å². The molecule has 13 heteroatoms. The Morgan fingerprint density at radius 3 is 1.89 bits per heavy atom. The van der Waals surface area contributed by atoms with Gasteiger partial charge in [0.1, 0.15) is 5.75 Å². The summed E-state index contributed by atoms with van der Waals surface area (Å²) in [5.41, 5.74) is 1.15. The molecule has 3 amide bonds. The van der Waals surface area contributed by atoms with Crippen molar-refractivity contribution in [3.05, 3.63) is 64.7 Å². The fraction of sp³-hybridized carbons (Fsp3) is 0.559. The molecule has 262 valence electrons. The van der Waals surface area contributed by atoms with Crippen molar-refractivity contribution in [1.29, 1.82) is 0 Å². The number of aliphatic hydroxyl groups excluding tert-OH is 1. The molecule has 0 aliphatic rings. The van der Waals surface area contributed by atoms with Crippen molar-refractivity contribution in [2.75, 3.05) is 40.3 Å². The molecule has 2 atom stereocenters. The van der Waals surface area contributed by atoms with Crippen LogP contribution in [0.1, 0.15) is 96.9 Å².